The number of hydrogen-bond donors (Lipinski definition) is 2. The number of halogens is 1. The molecule has 1 aliphatic heterocycles. The van der Waals surface area contributed by atoms with Crippen LogP contribution in [0.25, 0.3) is 5.57 Å². The first-order valence-electron chi connectivity index (χ1n) is 15.7. The van der Waals surface area contributed by atoms with E-state index in [9.17, 15) is 18.0 Å². The van der Waals surface area contributed by atoms with E-state index in [-0.39, 0.29) is 12.2 Å². The van der Waals surface area contributed by atoms with E-state index in [0.717, 1.165) is 69.1 Å². The van der Waals surface area contributed by atoms with Crippen molar-refractivity contribution >= 4 is 44.8 Å². The summed E-state index contributed by atoms with van der Waals surface area (Å²) in [7, 11) is -3.73. The molecule has 0 unspecified atom stereocenters. The van der Waals surface area contributed by atoms with Crippen molar-refractivity contribution in [3.63, 3.8) is 0 Å². The predicted molar refractivity (Wildman–Crippen MR) is 178 cm³/mol. The largest absolute Gasteiger partial charge is 0.481 e. The second-order valence-electron chi connectivity index (χ2n) is 12.9. The van der Waals surface area contributed by atoms with E-state index in [1.165, 1.54) is 23.1 Å². The van der Waals surface area contributed by atoms with Crippen molar-refractivity contribution in [1.82, 2.24) is 9.62 Å². The highest BCUT2D eigenvalue weighted by atomic mass is 35.5. The molecule has 2 aromatic carbocycles. The summed E-state index contributed by atoms with van der Waals surface area (Å²) in [4.78, 5) is 28.0. The number of carbonyl (C=O) groups is 2. The third-order valence-corrected chi connectivity index (χ3v) is 10.3. The number of unbranched alkanes of at least 4 members (excludes halogenated alkanes) is 4. The normalized spacial score (nSPS) is 17.5. The standard InChI is InChI=1S/C34H46ClN3O5S/c1-34(2)18-17-31(26-9-13-29(35)14-10-26)28(24-34)25-37-19-21-38(22-20-37)30-15-11-27(12-16-30)33(41)36-44(42,43)23-7-5-3-4-6-8-32(39)40/h9-16H,3-8,17-25H2,1-2H3,(H,36,41)(H,39,40). The quantitative estimate of drug-likeness (QED) is 0.223. The third-order valence-electron chi connectivity index (χ3n) is 8.70. The van der Waals surface area contributed by atoms with Gasteiger partial charge in [-0.25, -0.2) is 13.1 Å². The van der Waals surface area contributed by atoms with Crippen LogP contribution >= 0.6 is 11.6 Å². The molecule has 0 bridgehead atoms. The smallest absolute Gasteiger partial charge is 0.303 e. The molecule has 0 aromatic heterocycles. The van der Waals surface area contributed by atoms with Crippen molar-refractivity contribution in [3.8, 4) is 0 Å². The zero-order valence-electron chi connectivity index (χ0n) is 26.0. The molecule has 1 saturated heterocycles. The number of nitrogens with zero attached hydrogens (tertiary/aromatic N) is 2. The van der Waals surface area contributed by atoms with Gasteiger partial charge in [-0.1, -0.05) is 62.4 Å². The van der Waals surface area contributed by atoms with Crippen LogP contribution in [0.15, 0.2) is 54.1 Å². The summed E-state index contributed by atoms with van der Waals surface area (Å²) in [5.74, 6) is -1.57. The van der Waals surface area contributed by atoms with Crippen LogP contribution in [0, 0.1) is 5.41 Å². The molecule has 4 rings (SSSR count). The van der Waals surface area contributed by atoms with Crippen LogP contribution in [0.5, 0.6) is 0 Å². The molecule has 0 spiro atoms. The number of nitrogens with one attached hydrogen (secondary N) is 1. The van der Waals surface area contributed by atoms with E-state index in [4.69, 9.17) is 16.7 Å². The van der Waals surface area contributed by atoms with Crippen molar-refractivity contribution in [3.05, 3.63) is 70.3 Å². The topological polar surface area (TPSA) is 107 Å². The number of carbonyl (C=O) groups excluding carboxylic acids is 1. The van der Waals surface area contributed by atoms with Crippen LogP contribution in [0.4, 0.5) is 5.69 Å². The third kappa shape index (κ3) is 10.3. The van der Waals surface area contributed by atoms with Crippen molar-refractivity contribution < 1.29 is 23.1 Å². The molecule has 10 heteroatoms. The number of benzene rings is 2. The first-order valence-corrected chi connectivity index (χ1v) is 17.7. The fraction of sp³-hybridized carbons (Fsp3) is 0.529. The Morgan fingerprint density at radius 2 is 1.55 bits per heavy atom. The number of allylic oxidation sites excluding steroid dienone is 1. The van der Waals surface area contributed by atoms with Gasteiger partial charge in [0.1, 0.15) is 0 Å². The first-order chi connectivity index (χ1) is 20.9. The Morgan fingerprint density at radius 1 is 0.909 bits per heavy atom. The first kappa shape index (κ1) is 34.0. The van der Waals surface area contributed by atoms with Crippen molar-refractivity contribution in [2.75, 3.05) is 43.4 Å². The number of anilines is 1. The molecule has 240 valence electrons. The average molecular weight is 644 g/mol. The summed E-state index contributed by atoms with van der Waals surface area (Å²) in [5, 5.41) is 9.43. The maximum atomic E-state index is 12.6. The van der Waals surface area contributed by atoms with Crippen LogP contribution in [0.3, 0.4) is 0 Å². The second-order valence-corrected chi connectivity index (χ2v) is 15.2. The molecule has 8 nitrogen and oxygen atoms in total. The lowest BCUT2D eigenvalue weighted by Gasteiger charge is -2.39. The van der Waals surface area contributed by atoms with Gasteiger partial charge in [-0.05, 0) is 85.1 Å². The van der Waals surface area contributed by atoms with Gasteiger partial charge in [0.15, 0.2) is 0 Å². The fourth-order valence-corrected chi connectivity index (χ4v) is 7.38. The Morgan fingerprint density at radius 3 is 2.20 bits per heavy atom. The van der Waals surface area contributed by atoms with Crippen LogP contribution in [0.2, 0.25) is 5.02 Å². The summed E-state index contributed by atoms with van der Waals surface area (Å²) >= 11 is 6.16. The minimum absolute atomic E-state index is 0.129. The SMILES string of the molecule is CC1(C)CCC(c2ccc(Cl)cc2)=C(CN2CCN(c3ccc(C(=O)NS(=O)(=O)CCCCCCCC(=O)O)cc3)CC2)C1. The van der Waals surface area contributed by atoms with Gasteiger partial charge in [0.05, 0.1) is 5.75 Å². The summed E-state index contributed by atoms with van der Waals surface area (Å²) in [5.41, 5.74) is 5.90. The number of hydrogen-bond acceptors (Lipinski definition) is 6. The maximum Gasteiger partial charge on any atom is 0.303 e. The maximum absolute atomic E-state index is 12.6. The number of carboxylic acids is 1. The van der Waals surface area contributed by atoms with Gasteiger partial charge < -0.3 is 10.0 Å². The number of piperazine rings is 1. The highest BCUT2D eigenvalue weighted by Gasteiger charge is 2.29. The zero-order chi connectivity index (χ0) is 31.7. The van der Waals surface area contributed by atoms with Gasteiger partial charge in [0.2, 0.25) is 10.0 Å². The number of rotatable bonds is 14. The van der Waals surface area contributed by atoms with E-state index >= 15 is 0 Å². The van der Waals surface area contributed by atoms with E-state index < -0.39 is 21.9 Å². The van der Waals surface area contributed by atoms with Crippen LogP contribution in [-0.2, 0) is 14.8 Å². The predicted octanol–water partition coefficient (Wildman–Crippen LogP) is 6.61. The number of amides is 1. The van der Waals surface area contributed by atoms with E-state index in [2.05, 4.69) is 40.5 Å². The molecular weight excluding hydrogens is 598 g/mol. The molecule has 2 aliphatic rings. The Kier molecular flexibility index (Phi) is 11.9. The van der Waals surface area contributed by atoms with Crippen LogP contribution < -0.4 is 9.62 Å². The summed E-state index contributed by atoms with van der Waals surface area (Å²) in [6.07, 6.45) is 6.71. The molecule has 2 N–H and O–H groups in total. The highest BCUT2D eigenvalue weighted by molar-refractivity contribution is 7.90. The molecule has 0 radical (unpaired) electrons. The van der Waals surface area contributed by atoms with Gasteiger partial charge in [0.25, 0.3) is 5.91 Å². The van der Waals surface area contributed by atoms with Crippen molar-refractivity contribution in [2.45, 2.75) is 71.6 Å². The average Bonchev–Trinajstić information content (AvgIpc) is 2.97. The van der Waals surface area contributed by atoms with Crippen LogP contribution in [0.1, 0.15) is 87.6 Å². The van der Waals surface area contributed by atoms with E-state index in [1.807, 2.05) is 24.3 Å². The molecule has 1 heterocycles. The molecule has 1 aliphatic carbocycles. The Balaban J connectivity index is 1.26. The van der Waals surface area contributed by atoms with Crippen LogP contribution in [-0.4, -0.2) is 68.8 Å². The van der Waals surface area contributed by atoms with E-state index in [0.29, 0.717) is 30.2 Å². The Labute approximate surface area is 267 Å². The monoisotopic (exact) mass is 643 g/mol. The summed E-state index contributed by atoms with van der Waals surface area (Å²) in [6.45, 7) is 9.33. The highest BCUT2D eigenvalue weighted by Crippen LogP contribution is 2.42. The minimum atomic E-state index is -3.73. The lowest BCUT2D eigenvalue weighted by molar-refractivity contribution is -0.137. The van der Waals surface area contributed by atoms with Gasteiger partial charge in [-0.15, -0.1) is 0 Å². The minimum Gasteiger partial charge on any atom is -0.481 e. The van der Waals surface area contributed by atoms with Crippen molar-refractivity contribution in [2.24, 2.45) is 5.41 Å². The van der Waals surface area contributed by atoms with Gasteiger partial charge in [-0.3, -0.25) is 14.5 Å². The summed E-state index contributed by atoms with van der Waals surface area (Å²) < 4.78 is 27.0. The molecular formula is C34H46ClN3O5S. The molecule has 1 amide bonds. The molecule has 1 fully saturated rings. The number of carboxylic acid groups (broad SMARTS) is 1. The molecule has 0 atom stereocenters. The lowest BCUT2D eigenvalue weighted by atomic mass is 9.73. The molecule has 0 saturated carbocycles. The number of sulfonamides is 1. The zero-order valence-corrected chi connectivity index (χ0v) is 27.6. The van der Waals surface area contributed by atoms with Gasteiger partial charge in [0, 0.05) is 55.4 Å². The number of aliphatic carboxylic acids is 1. The van der Waals surface area contributed by atoms with Gasteiger partial charge >= 0.3 is 5.97 Å². The fourth-order valence-electron chi connectivity index (χ4n) is 6.17. The molecule has 2 aromatic rings. The second kappa shape index (κ2) is 15.4. The lowest BCUT2D eigenvalue weighted by Crippen LogP contribution is -2.47. The van der Waals surface area contributed by atoms with E-state index in [1.54, 1.807) is 12.1 Å². The Hall–Kier alpha value is -2.88. The summed E-state index contributed by atoms with van der Waals surface area (Å²) in [6, 6.07) is 15.4. The molecule has 44 heavy (non-hydrogen) atoms. The van der Waals surface area contributed by atoms with Crippen molar-refractivity contribution in [1.29, 1.82) is 0 Å². The Bertz CT molecular complexity index is 1410. The van der Waals surface area contributed by atoms with Gasteiger partial charge in [-0.2, -0.15) is 0 Å².